The van der Waals surface area contributed by atoms with Gasteiger partial charge in [0.2, 0.25) is 0 Å². The highest BCUT2D eigenvalue weighted by Gasteiger charge is 2.23. The number of fused-ring (bicyclic) bond motifs is 4. The summed E-state index contributed by atoms with van der Waals surface area (Å²) in [6.07, 6.45) is 3.36. The third kappa shape index (κ3) is 3.14. The van der Waals surface area contributed by atoms with Gasteiger partial charge in [0.15, 0.2) is 5.16 Å². The van der Waals surface area contributed by atoms with Crippen LogP contribution in [0.1, 0.15) is 40.1 Å². The largest absolute Gasteiger partial charge is 0.383 e. The van der Waals surface area contributed by atoms with Crippen molar-refractivity contribution in [3.8, 4) is 0 Å². The Bertz CT molecular complexity index is 1370. The fourth-order valence-corrected chi connectivity index (χ4v) is 7.40. The van der Waals surface area contributed by atoms with E-state index in [0.29, 0.717) is 28.5 Å². The van der Waals surface area contributed by atoms with Crippen LogP contribution < -0.4 is 11.3 Å². The topological polar surface area (TPSA) is 86.7 Å². The molecule has 0 saturated carbocycles. The van der Waals surface area contributed by atoms with Crippen molar-refractivity contribution < 1.29 is 0 Å². The number of aryl methyl sites for hydroxylation is 3. The van der Waals surface area contributed by atoms with Crippen molar-refractivity contribution in [2.45, 2.75) is 50.9 Å². The van der Waals surface area contributed by atoms with Gasteiger partial charge in [-0.05, 0) is 50.2 Å². The molecule has 4 heterocycles. The highest BCUT2D eigenvalue weighted by molar-refractivity contribution is 7.98. The number of hydrogen-bond donors (Lipinski definition) is 1. The van der Waals surface area contributed by atoms with Crippen molar-refractivity contribution >= 4 is 60.7 Å². The Morgan fingerprint density at radius 1 is 1.17 bits per heavy atom. The molecule has 0 bridgehead atoms. The second-order valence-corrected chi connectivity index (χ2v) is 11.3. The summed E-state index contributed by atoms with van der Waals surface area (Å²) >= 11 is 4.80. The molecular weight excluding hydrogens is 434 g/mol. The number of thioether (sulfide) groups is 1. The molecule has 9 heteroatoms. The van der Waals surface area contributed by atoms with Crippen molar-refractivity contribution in [3.05, 3.63) is 37.1 Å². The molecule has 6 nitrogen and oxygen atoms in total. The standard InChI is InChI=1S/C21H23N5OS3/c1-9-5-6-12-13(7-9)30-19-16(12)17(22)23-14(24-19)8-28-21-25-18-15(20(27)26(21)4)10(2)11(3)29-18/h9H,5-8H2,1-4H3,(H2,22,23,24). The van der Waals surface area contributed by atoms with Crippen LogP contribution in [0.15, 0.2) is 9.95 Å². The summed E-state index contributed by atoms with van der Waals surface area (Å²) in [5.41, 5.74) is 8.73. The van der Waals surface area contributed by atoms with Gasteiger partial charge in [0.05, 0.1) is 16.5 Å². The van der Waals surface area contributed by atoms with Gasteiger partial charge in [0.1, 0.15) is 21.3 Å². The van der Waals surface area contributed by atoms with Crippen molar-refractivity contribution in [1.82, 2.24) is 19.5 Å². The average Bonchev–Trinajstić information content (AvgIpc) is 3.20. The molecule has 5 rings (SSSR count). The third-order valence-electron chi connectivity index (χ3n) is 5.93. The number of nitrogens with zero attached hydrogens (tertiary/aromatic N) is 4. The number of anilines is 1. The van der Waals surface area contributed by atoms with E-state index in [0.717, 1.165) is 43.7 Å². The van der Waals surface area contributed by atoms with Gasteiger partial charge >= 0.3 is 0 Å². The normalized spacial score (nSPS) is 16.5. The predicted octanol–water partition coefficient (Wildman–Crippen LogP) is 4.62. The Hall–Kier alpha value is -1.97. The van der Waals surface area contributed by atoms with Crippen molar-refractivity contribution in [1.29, 1.82) is 0 Å². The van der Waals surface area contributed by atoms with Crippen LogP contribution in [0.25, 0.3) is 20.4 Å². The van der Waals surface area contributed by atoms with Gasteiger partial charge in [-0.2, -0.15) is 0 Å². The van der Waals surface area contributed by atoms with E-state index in [9.17, 15) is 4.79 Å². The van der Waals surface area contributed by atoms with Crippen LogP contribution in [0.2, 0.25) is 0 Å². The Balaban J connectivity index is 1.48. The first-order valence-electron chi connectivity index (χ1n) is 9.99. The van der Waals surface area contributed by atoms with E-state index in [1.54, 1.807) is 34.3 Å². The number of hydrogen-bond acceptors (Lipinski definition) is 8. The minimum absolute atomic E-state index is 0.000265. The lowest BCUT2D eigenvalue weighted by Gasteiger charge is -2.17. The number of rotatable bonds is 3. The highest BCUT2D eigenvalue weighted by Crippen LogP contribution is 2.39. The van der Waals surface area contributed by atoms with Gasteiger partial charge in [0, 0.05) is 16.8 Å². The van der Waals surface area contributed by atoms with Crippen LogP contribution in [0.4, 0.5) is 5.82 Å². The van der Waals surface area contributed by atoms with Crippen molar-refractivity contribution in [2.75, 3.05) is 5.73 Å². The summed E-state index contributed by atoms with van der Waals surface area (Å²) in [6.45, 7) is 6.31. The van der Waals surface area contributed by atoms with Crippen LogP contribution in [0, 0.1) is 19.8 Å². The zero-order valence-electron chi connectivity index (χ0n) is 17.4. The highest BCUT2D eigenvalue weighted by atomic mass is 32.2. The first kappa shape index (κ1) is 20.0. The van der Waals surface area contributed by atoms with E-state index in [1.807, 2.05) is 13.8 Å². The number of thiophene rings is 2. The van der Waals surface area contributed by atoms with Gasteiger partial charge in [-0.25, -0.2) is 15.0 Å². The van der Waals surface area contributed by atoms with Crippen LogP contribution in [-0.4, -0.2) is 19.5 Å². The van der Waals surface area contributed by atoms with Crippen LogP contribution in [-0.2, 0) is 25.6 Å². The first-order chi connectivity index (χ1) is 14.3. The molecule has 1 aliphatic carbocycles. The monoisotopic (exact) mass is 457 g/mol. The molecule has 0 amide bonds. The van der Waals surface area contributed by atoms with E-state index < -0.39 is 0 Å². The predicted molar refractivity (Wildman–Crippen MR) is 127 cm³/mol. The summed E-state index contributed by atoms with van der Waals surface area (Å²) < 4.78 is 1.62. The fraction of sp³-hybridized carbons (Fsp3) is 0.429. The van der Waals surface area contributed by atoms with Crippen LogP contribution in [0.5, 0.6) is 0 Å². The third-order valence-corrected chi connectivity index (χ3v) is 9.20. The maximum Gasteiger partial charge on any atom is 0.262 e. The Morgan fingerprint density at radius 2 is 1.93 bits per heavy atom. The number of aromatic nitrogens is 4. The Morgan fingerprint density at radius 3 is 2.73 bits per heavy atom. The molecular formula is C21H23N5OS3. The summed E-state index contributed by atoms with van der Waals surface area (Å²) in [5, 5.41) is 2.45. The molecule has 30 heavy (non-hydrogen) atoms. The molecule has 0 fully saturated rings. The maximum absolute atomic E-state index is 12.8. The van der Waals surface area contributed by atoms with Crippen molar-refractivity contribution in [2.24, 2.45) is 13.0 Å². The molecule has 4 aromatic heterocycles. The molecule has 0 aliphatic heterocycles. The zero-order chi connectivity index (χ0) is 21.2. The van der Waals surface area contributed by atoms with Gasteiger partial charge in [-0.15, -0.1) is 22.7 Å². The lowest BCUT2D eigenvalue weighted by Crippen LogP contribution is -2.19. The van der Waals surface area contributed by atoms with Gasteiger partial charge in [-0.1, -0.05) is 18.7 Å². The lowest BCUT2D eigenvalue weighted by molar-refractivity contribution is 0.509. The van der Waals surface area contributed by atoms with E-state index in [-0.39, 0.29) is 5.56 Å². The molecule has 0 aromatic carbocycles. The van der Waals surface area contributed by atoms with Gasteiger partial charge in [-0.3, -0.25) is 9.36 Å². The van der Waals surface area contributed by atoms with Crippen LogP contribution >= 0.6 is 34.4 Å². The molecule has 156 valence electrons. The lowest BCUT2D eigenvalue weighted by atomic mass is 9.89. The molecule has 2 N–H and O–H groups in total. The van der Waals surface area contributed by atoms with E-state index >= 15 is 0 Å². The Labute approximate surface area is 186 Å². The summed E-state index contributed by atoms with van der Waals surface area (Å²) in [6, 6.07) is 0. The molecule has 1 atom stereocenters. The summed E-state index contributed by atoms with van der Waals surface area (Å²) in [7, 11) is 1.77. The smallest absolute Gasteiger partial charge is 0.262 e. The second kappa shape index (κ2) is 7.32. The first-order valence-corrected chi connectivity index (χ1v) is 12.6. The SMILES string of the molecule is Cc1sc2nc(SCc3nc(N)c4c5c(sc4n3)CC(C)CC5)n(C)c(=O)c2c1C. The van der Waals surface area contributed by atoms with E-state index in [4.69, 9.17) is 15.7 Å². The minimum Gasteiger partial charge on any atom is -0.383 e. The molecule has 0 saturated heterocycles. The molecule has 1 aliphatic rings. The fourth-order valence-electron chi connectivity index (χ4n) is 4.10. The average molecular weight is 458 g/mol. The number of nitrogen functional groups attached to an aromatic ring is 1. The summed E-state index contributed by atoms with van der Waals surface area (Å²) in [5.74, 6) is 2.49. The van der Waals surface area contributed by atoms with Gasteiger partial charge < -0.3 is 5.73 Å². The molecule has 4 aromatic rings. The Kier molecular flexibility index (Phi) is 4.87. The van der Waals surface area contributed by atoms with Gasteiger partial charge in [0.25, 0.3) is 5.56 Å². The maximum atomic E-state index is 12.8. The minimum atomic E-state index is 0.000265. The number of nitrogens with two attached hydrogens (primary N) is 1. The molecule has 0 spiro atoms. The van der Waals surface area contributed by atoms with Crippen LogP contribution in [0.3, 0.4) is 0 Å². The second-order valence-electron chi connectivity index (χ2n) is 8.07. The van der Waals surface area contributed by atoms with Crippen molar-refractivity contribution in [3.63, 3.8) is 0 Å². The van der Waals surface area contributed by atoms with E-state index in [1.165, 1.54) is 28.6 Å². The molecule has 1 unspecified atom stereocenters. The van der Waals surface area contributed by atoms with E-state index in [2.05, 4.69) is 11.9 Å². The quantitative estimate of drug-likeness (QED) is 0.357. The molecule has 0 radical (unpaired) electrons. The summed E-state index contributed by atoms with van der Waals surface area (Å²) in [4.78, 5) is 31.3. The zero-order valence-corrected chi connectivity index (χ0v) is 19.9.